The summed E-state index contributed by atoms with van der Waals surface area (Å²) in [5.74, 6) is 0.750. The molecule has 26 heavy (non-hydrogen) atoms. The smallest absolute Gasteiger partial charge is 0.225 e. The number of likely N-dealkylation sites (N-methyl/N-ethyl adjacent to an activating group) is 1. The first-order chi connectivity index (χ1) is 12.4. The van der Waals surface area contributed by atoms with Gasteiger partial charge < -0.3 is 14.9 Å². The molecule has 3 aliphatic rings. The van der Waals surface area contributed by atoms with Crippen molar-refractivity contribution >= 4 is 11.7 Å². The minimum Gasteiger partial charge on any atom is -0.388 e. The summed E-state index contributed by atoms with van der Waals surface area (Å²) in [7, 11) is 2.14. The van der Waals surface area contributed by atoms with Gasteiger partial charge in [-0.1, -0.05) is 0 Å². The lowest BCUT2D eigenvalue weighted by Crippen LogP contribution is -2.55. The molecule has 0 bridgehead atoms. The molecule has 148 valence electrons. The largest absolute Gasteiger partial charge is 0.388 e. The fourth-order valence-electron chi connectivity index (χ4n) is 4.73. The zero-order chi connectivity index (χ0) is 18.7. The maximum absolute atomic E-state index is 12.8. The van der Waals surface area contributed by atoms with Gasteiger partial charge in [-0.15, -0.1) is 0 Å². The number of β-amino-alcohol motifs (C(OH)–C–C–N with tert-alkyl or cyclic N) is 1. The third-order valence-corrected chi connectivity index (χ3v) is 6.77. The Kier molecular flexibility index (Phi) is 6.36. The lowest BCUT2D eigenvalue weighted by atomic mass is 9.79. The molecule has 0 radical (unpaired) electrons. The number of Topliss-reactive ketones (excluding diaryl/α,β-unsaturated/α-hetero) is 1. The Hall–Kier alpha value is -0.980. The molecule has 0 atom stereocenters. The molecule has 1 saturated carbocycles. The normalized spacial score (nSPS) is 31.0. The van der Waals surface area contributed by atoms with Crippen LogP contribution in [0.5, 0.6) is 0 Å². The number of ketones is 1. The maximum Gasteiger partial charge on any atom is 0.225 e. The number of carbonyl (C=O) groups is 2. The Balaban J connectivity index is 1.44. The minimum absolute atomic E-state index is 0.0782. The maximum atomic E-state index is 12.8. The molecule has 3 fully saturated rings. The van der Waals surface area contributed by atoms with Gasteiger partial charge >= 0.3 is 0 Å². The summed E-state index contributed by atoms with van der Waals surface area (Å²) in [6.07, 6.45) is 4.73. The summed E-state index contributed by atoms with van der Waals surface area (Å²) in [5, 5.41) is 11.0. The Morgan fingerprint density at radius 2 is 1.46 bits per heavy atom. The zero-order valence-electron chi connectivity index (χ0n) is 16.5. The van der Waals surface area contributed by atoms with E-state index >= 15 is 0 Å². The van der Waals surface area contributed by atoms with Crippen LogP contribution < -0.4 is 0 Å². The van der Waals surface area contributed by atoms with Crippen molar-refractivity contribution in [1.29, 1.82) is 0 Å². The third-order valence-electron chi connectivity index (χ3n) is 6.77. The summed E-state index contributed by atoms with van der Waals surface area (Å²) in [5.41, 5.74) is -0.654. The average Bonchev–Trinajstić information content (AvgIpc) is 2.64. The molecule has 2 saturated heterocycles. The molecule has 6 heteroatoms. The van der Waals surface area contributed by atoms with Crippen molar-refractivity contribution in [3.63, 3.8) is 0 Å². The van der Waals surface area contributed by atoms with Crippen LogP contribution in [0.1, 0.15) is 45.4 Å². The first-order valence-electron chi connectivity index (χ1n) is 10.3. The molecule has 0 aromatic rings. The molecule has 2 aliphatic heterocycles. The molecule has 2 heterocycles. The van der Waals surface area contributed by atoms with E-state index in [2.05, 4.69) is 16.8 Å². The van der Waals surface area contributed by atoms with Gasteiger partial charge in [0.1, 0.15) is 5.78 Å². The average molecular weight is 366 g/mol. The molecule has 0 aromatic heterocycles. The zero-order valence-corrected chi connectivity index (χ0v) is 16.5. The quantitative estimate of drug-likeness (QED) is 0.805. The number of rotatable bonds is 4. The molecule has 0 aromatic carbocycles. The van der Waals surface area contributed by atoms with Gasteiger partial charge in [-0.05, 0) is 52.5 Å². The van der Waals surface area contributed by atoms with E-state index < -0.39 is 5.60 Å². The first-order valence-corrected chi connectivity index (χ1v) is 10.3. The van der Waals surface area contributed by atoms with Crippen LogP contribution >= 0.6 is 0 Å². The number of carbonyl (C=O) groups excluding carboxylic acids is 2. The highest BCUT2D eigenvalue weighted by molar-refractivity contribution is 5.81. The summed E-state index contributed by atoms with van der Waals surface area (Å²) < 4.78 is 0. The second-order valence-electron chi connectivity index (χ2n) is 8.79. The summed E-state index contributed by atoms with van der Waals surface area (Å²) in [6.45, 7) is 7.87. The highest BCUT2D eigenvalue weighted by Gasteiger charge is 2.38. The van der Waals surface area contributed by atoms with Crippen molar-refractivity contribution in [2.75, 3.05) is 52.9 Å². The van der Waals surface area contributed by atoms with Gasteiger partial charge in [0.15, 0.2) is 0 Å². The lowest BCUT2D eigenvalue weighted by Gasteiger charge is -2.43. The van der Waals surface area contributed by atoms with Gasteiger partial charge in [0.25, 0.3) is 0 Å². The Morgan fingerprint density at radius 3 is 2.00 bits per heavy atom. The second-order valence-corrected chi connectivity index (χ2v) is 8.79. The molecule has 3 rings (SSSR count). The van der Waals surface area contributed by atoms with E-state index in [0.717, 1.165) is 58.4 Å². The number of piperazine rings is 1. The molecular formula is C20H35N3O3. The molecule has 0 unspecified atom stereocenters. The van der Waals surface area contributed by atoms with E-state index in [-0.39, 0.29) is 23.5 Å². The predicted molar refractivity (Wildman–Crippen MR) is 101 cm³/mol. The molecule has 0 spiro atoms. The van der Waals surface area contributed by atoms with Crippen LogP contribution in [-0.2, 0) is 9.59 Å². The number of hydrogen-bond donors (Lipinski definition) is 1. The van der Waals surface area contributed by atoms with Gasteiger partial charge in [-0.3, -0.25) is 14.5 Å². The van der Waals surface area contributed by atoms with Crippen LogP contribution in [-0.4, -0.2) is 90.0 Å². The fraction of sp³-hybridized carbons (Fsp3) is 0.900. The van der Waals surface area contributed by atoms with E-state index in [4.69, 9.17) is 0 Å². The number of nitrogens with zero attached hydrogens (tertiary/aromatic N) is 3. The molecular weight excluding hydrogens is 330 g/mol. The van der Waals surface area contributed by atoms with Crippen LogP contribution in [0.3, 0.4) is 0 Å². The van der Waals surface area contributed by atoms with Crippen molar-refractivity contribution in [3.05, 3.63) is 0 Å². The van der Waals surface area contributed by atoms with Crippen LogP contribution in [0, 0.1) is 11.8 Å². The highest BCUT2D eigenvalue weighted by Crippen LogP contribution is 2.32. The third kappa shape index (κ3) is 4.84. The number of piperidine rings is 1. The Labute approximate surface area is 157 Å². The van der Waals surface area contributed by atoms with Crippen molar-refractivity contribution in [1.82, 2.24) is 14.7 Å². The summed E-state index contributed by atoms with van der Waals surface area (Å²) >= 11 is 0. The monoisotopic (exact) mass is 365 g/mol. The number of aliphatic hydroxyl groups is 1. The van der Waals surface area contributed by atoms with Crippen molar-refractivity contribution in [3.8, 4) is 0 Å². The number of hydrogen-bond acceptors (Lipinski definition) is 5. The van der Waals surface area contributed by atoms with Crippen LogP contribution in [0.2, 0.25) is 0 Å². The fourth-order valence-corrected chi connectivity index (χ4v) is 4.73. The van der Waals surface area contributed by atoms with E-state index in [0.29, 0.717) is 25.9 Å². The second kappa shape index (κ2) is 8.36. The van der Waals surface area contributed by atoms with Gasteiger partial charge in [-0.2, -0.15) is 0 Å². The Bertz CT molecular complexity index is 500. The van der Waals surface area contributed by atoms with Crippen LogP contribution in [0.15, 0.2) is 0 Å². The van der Waals surface area contributed by atoms with E-state index in [1.165, 1.54) is 0 Å². The van der Waals surface area contributed by atoms with Gasteiger partial charge in [0.05, 0.1) is 5.60 Å². The molecule has 1 N–H and O–H groups in total. The summed E-state index contributed by atoms with van der Waals surface area (Å²) in [4.78, 5) is 30.9. The van der Waals surface area contributed by atoms with Crippen LogP contribution in [0.25, 0.3) is 0 Å². The van der Waals surface area contributed by atoms with Crippen molar-refractivity contribution in [2.24, 2.45) is 11.8 Å². The number of amides is 1. The first kappa shape index (κ1) is 19.8. The molecule has 1 aliphatic carbocycles. The molecule has 1 amide bonds. The SMILES string of the molecule is CC(=O)C1CCC(C(=O)N2CCC(O)(CN3CCN(C)CC3)CC2)CC1. The van der Waals surface area contributed by atoms with Crippen molar-refractivity contribution < 1.29 is 14.7 Å². The van der Waals surface area contributed by atoms with Crippen LogP contribution in [0.4, 0.5) is 0 Å². The molecule has 6 nitrogen and oxygen atoms in total. The van der Waals surface area contributed by atoms with Gasteiger partial charge in [-0.25, -0.2) is 0 Å². The van der Waals surface area contributed by atoms with E-state index in [9.17, 15) is 14.7 Å². The van der Waals surface area contributed by atoms with E-state index in [1.807, 2.05) is 4.90 Å². The predicted octanol–water partition coefficient (Wildman–Crippen LogP) is 0.983. The summed E-state index contributed by atoms with van der Waals surface area (Å²) in [6, 6.07) is 0. The van der Waals surface area contributed by atoms with Gasteiger partial charge in [0.2, 0.25) is 5.91 Å². The van der Waals surface area contributed by atoms with Crippen molar-refractivity contribution in [2.45, 2.75) is 51.0 Å². The Morgan fingerprint density at radius 1 is 0.923 bits per heavy atom. The standard InChI is InChI=1S/C20H35N3O3/c1-16(24)17-3-5-18(6-4-17)19(25)23-9-7-20(26,8-10-23)15-22-13-11-21(2)12-14-22/h17-18,26H,3-15H2,1-2H3. The van der Waals surface area contributed by atoms with E-state index in [1.54, 1.807) is 6.92 Å². The topological polar surface area (TPSA) is 64.1 Å². The van der Waals surface area contributed by atoms with Gasteiger partial charge in [0, 0.05) is 57.6 Å². The lowest BCUT2D eigenvalue weighted by molar-refractivity contribution is -0.142. The highest BCUT2D eigenvalue weighted by atomic mass is 16.3. The number of likely N-dealkylation sites (tertiary alicyclic amines) is 1. The minimum atomic E-state index is -0.654.